The summed E-state index contributed by atoms with van der Waals surface area (Å²) < 4.78 is 15.8. The van der Waals surface area contributed by atoms with Gasteiger partial charge in [0.2, 0.25) is 11.8 Å². The van der Waals surface area contributed by atoms with E-state index in [9.17, 15) is 18.8 Å². The lowest BCUT2D eigenvalue weighted by molar-refractivity contribution is -0.125. The number of amides is 2. The molecule has 3 aromatic rings. The molecule has 0 spiro atoms. The molecule has 1 saturated carbocycles. The lowest BCUT2D eigenvalue weighted by Crippen LogP contribution is -2.28. The molecule has 0 saturated heterocycles. The number of nitrogens with zero attached hydrogens (tertiary/aromatic N) is 3. The first-order chi connectivity index (χ1) is 14.8. The predicted molar refractivity (Wildman–Crippen MR) is 113 cm³/mol. The molecule has 8 nitrogen and oxygen atoms in total. The number of anilines is 2. The number of benzene rings is 1. The molecule has 4 rings (SSSR count). The molecular weight excluding hydrogens is 425 g/mol. The molecule has 2 amide bonds. The van der Waals surface area contributed by atoms with Crippen molar-refractivity contribution in [3.63, 3.8) is 0 Å². The maximum atomic E-state index is 14.6. The van der Waals surface area contributed by atoms with Crippen LogP contribution in [0.4, 0.5) is 15.9 Å². The summed E-state index contributed by atoms with van der Waals surface area (Å²) in [5.41, 5.74) is -1.12. The van der Waals surface area contributed by atoms with Gasteiger partial charge in [0.15, 0.2) is 0 Å². The number of nitrogens with one attached hydrogen (secondary N) is 2. The van der Waals surface area contributed by atoms with Crippen LogP contribution in [0, 0.1) is 17.2 Å². The Kier molecular flexibility index (Phi) is 5.28. The molecule has 1 aliphatic carbocycles. The van der Waals surface area contributed by atoms with E-state index in [2.05, 4.69) is 20.6 Å². The molecule has 0 bridgehead atoms. The van der Waals surface area contributed by atoms with Gasteiger partial charge in [-0.15, -0.1) is 0 Å². The van der Waals surface area contributed by atoms with E-state index in [1.165, 1.54) is 35.3 Å². The summed E-state index contributed by atoms with van der Waals surface area (Å²) in [5.74, 6) is -1.75. The van der Waals surface area contributed by atoms with Crippen LogP contribution in [0.15, 0.2) is 59.9 Å². The number of hydrogen-bond acceptors (Lipinski definition) is 5. The summed E-state index contributed by atoms with van der Waals surface area (Å²) in [5, 5.41) is 5.62. The van der Waals surface area contributed by atoms with Crippen molar-refractivity contribution in [2.45, 2.75) is 13.3 Å². The predicted octanol–water partition coefficient (Wildman–Crippen LogP) is 3.02. The number of carbonyl (C=O) groups excluding carboxylic acids is 2. The van der Waals surface area contributed by atoms with Crippen LogP contribution in [0.1, 0.15) is 13.3 Å². The first kappa shape index (κ1) is 20.7. The van der Waals surface area contributed by atoms with Gasteiger partial charge in [0, 0.05) is 24.7 Å². The highest BCUT2D eigenvalue weighted by Crippen LogP contribution is 2.53. The van der Waals surface area contributed by atoms with Crippen LogP contribution in [0.25, 0.3) is 5.69 Å². The number of halogens is 2. The third-order valence-electron chi connectivity index (χ3n) is 5.25. The highest BCUT2D eigenvalue weighted by molar-refractivity contribution is 6.30. The number of pyridine rings is 1. The molecule has 1 aliphatic rings. The molecule has 2 atom stereocenters. The Morgan fingerprint density at radius 2 is 2.03 bits per heavy atom. The zero-order valence-corrected chi connectivity index (χ0v) is 17.1. The molecule has 1 aromatic carbocycles. The SMILES string of the molecule is CC1(C(=O)Nc2ccc(-n3ccncc3=O)cc2F)CC1C(=O)Nc1ccc(Cl)cn1. The quantitative estimate of drug-likeness (QED) is 0.633. The zero-order chi connectivity index (χ0) is 22.2. The first-order valence-electron chi connectivity index (χ1n) is 9.34. The van der Waals surface area contributed by atoms with Crippen molar-refractivity contribution >= 4 is 34.9 Å². The van der Waals surface area contributed by atoms with E-state index in [0.717, 1.165) is 12.3 Å². The minimum Gasteiger partial charge on any atom is -0.323 e. The zero-order valence-electron chi connectivity index (χ0n) is 16.3. The minimum absolute atomic E-state index is 0.0393. The maximum absolute atomic E-state index is 14.6. The number of aromatic nitrogens is 3. The summed E-state index contributed by atoms with van der Waals surface area (Å²) in [7, 11) is 0. The van der Waals surface area contributed by atoms with Gasteiger partial charge in [0.1, 0.15) is 11.6 Å². The Balaban J connectivity index is 1.43. The normalized spacial score (nSPS) is 19.5. The highest BCUT2D eigenvalue weighted by Gasteiger charge is 2.60. The number of rotatable bonds is 5. The average Bonchev–Trinajstić information content (AvgIpc) is 3.45. The fourth-order valence-electron chi connectivity index (χ4n) is 3.24. The fraction of sp³-hybridized carbons (Fsp3) is 0.190. The molecule has 31 heavy (non-hydrogen) atoms. The minimum atomic E-state index is -0.969. The third kappa shape index (κ3) is 4.17. The summed E-state index contributed by atoms with van der Waals surface area (Å²) in [6, 6.07) is 7.17. The smallest absolute Gasteiger partial charge is 0.273 e. The molecule has 2 unspecified atom stereocenters. The first-order valence-corrected chi connectivity index (χ1v) is 9.72. The lowest BCUT2D eigenvalue weighted by atomic mass is 10.0. The second-order valence-electron chi connectivity index (χ2n) is 7.43. The molecule has 10 heteroatoms. The van der Waals surface area contributed by atoms with E-state index in [0.29, 0.717) is 22.9 Å². The fourth-order valence-corrected chi connectivity index (χ4v) is 3.35. The Morgan fingerprint density at radius 3 is 2.71 bits per heavy atom. The van der Waals surface area contributed by atoms with Crippen molar-refractivity contribution in [1.82, 2.24) is 14.5 Å². The van der Waals surface area contributed by atoms with Crippen LogP contribution in [0.3, 0.4) is 0 Å². The van der Waals surface area contributed by atoms with E-state index in [1.54, 1.807) is 19.1 Å². The summed E-state index contributed by atoms with van der Waals surface area (Å²) >= 11 is 5.77. The molecule has 0 radical (unpaired) electrons. The molecular formula is C21H17ClFN5O3. The van der Waals surface area contributed by atoms with Crippen LogP contribution >= 0.6 is 11.6 Å². The van der Waals surface area contributed by atoms with Gasteiger partial charge in [-0.05, 0) is 37.6 Å². The summed E-state index contributed by atoms with van der Waals surface area (Å²) in [6.07, 6.45) is 5.67. The summed E-state index contributed by atoms with van der Waals surface area (Å²) in [6.45, 7) is 1.64. The molecule has 2 aromatic heterocycles. The van der Waals surface area contributed by atoms with Crippen molar-refractivity contribution in [3.05, 3.63) is 76.3 Å². The van der Waals surface area contributed by atoms with E-state index in [1.807, 2.05) is 0 Å². The van der Waals surface area contributed by atoms with Gasteiger partial charge >= 0.3 is 0 Å². The van der Waals surface area contributed by atoms with Gasteiger partial charge in [-0.1, -0.05) is 11.6 Å². The topological polar surface area (TPSA) is 106 Å². The second kappa shape index (κ2) is 7.92. The van der Waals surface area contributed by atoms with Gasteiger partial charge in [-0.3, -0.25) is 23.9 Å². The van der Waals surface area contributed by atoms with Crippen molar-refractivity contribution in [2.24, 2.45) is 11.3 Å². The van der Waals surface area contributed by atoms with Gasteiger partial charge in [0.25, 0.3) is 5.56 Å². The van der Waals surface area contributed by atoms with Crippen molar-refractivity contribution in [2.75, 3.05) is 10.6 Å². The van der Waals surface area contributed by atoms with Crippen LogP contribution in [0.5, 0.6) is 0 Å². The van der Waals surface area contributed by atoms with E-state index < -0.39 is 28.6 Å². The number of hydrogen-bond donors (Lipinski definition) is 2. The van der Waals surface area contributed by atoms with Crippen LogP contribution < -0.4 is 16.2 Å². The Morgan fingerprint density at radius 1 is 1.23 bits per heavy atom. The van der Waals surface area contributed by atoms with E-state index in [4.69, 9.17) is 11.6 Å². The number of carbonyl (C=O) groups is 2. The maximum Gasteiger partial charge on any atom is 0.273 e. The Labute approximate surface area is 181 Å². The largest absolute Gasteiger partial charge is 0.323 e. The second-order valence-corrected chi connectivity index (χ2v) is 7.86. The molecule has 158 valence electrons. The molecule has 2 N–H and O–H groups in total. The van der Waals surface area contributed by atoms with Gasteiger partial charge in [-0.2, -0.15) is 0 Å². The Hall–Kier alpha value is -3.59. The Bertz CT molecular complexity index is 1230. The van der Waals surface area contributed by atoms with Crippen LogP contribution in [-0.4, -0.2) is 26.3 Å². The average molecular weight is 442 g/mol. The van der Waals surface area contributed by atoms with Gasteiger partial charge < -0.3 is 10.6 Å². The van der Waals surface area contributed by atoms with Gasteiger partial charge in [0.05, 0.1) is 33.9 Å². The van der Waals surface area contributed by atoms with Crippen LogP contribution in [0.2, 0.25) is 5.02 Å². The molecule has 0 aliphatic heterocycles. The summed E-state index contributed by atoms with van der Waals surface area (Å²) in [4.78, 5) is 44.7. The van der Waals surface area contributed by atoms with Crippen molar-refractivity contribution < 1.29 is 14.0 Å². The van der Waals surface area contributed by atoms with E-state index in [-0.39, 0.29) is 11.6 Å². The monoisotopic (exact) mass is 441 g/mol. The molecule has 2 heterocycles. The highest BCUT2D eigenvalue weighted by atomic mass is 35.5. The molecule has 1 fully saturated rings. The van der Waals surface area contributed by atoms with Gasteiger partial charge in [-0.25, -0.2) is 9.37 Å². The lowest BCUT2D eigenvalue weighted by Gasteiger charge is -2.14. The van der Waals surface area contributed by atoms with Crippen molar-refractivity contribution in [1.29, 1.82) is 0 Å². The van der Waals surface area contributed by atoms with Crippen LogP contribution in [-0.2, 0) is 9.59 Å². The third-order valence-corrected chi connectivity index (χ3v) is 5.48. The van der Waals surface area contributed by atoms with Crippen molar-refractivity contribution in [3.8, 4) is 5.69 Å². The standard InChI is InChI=1S/C21H17ClFN5O3/c1-21(9-14(21)19(30)27-17-5-2-12(22)10-25-17)20(31)26-16-4-3-13(8-15(16)23)28-7-6-24-11-18(28)29/h2-8,10-11,14H,9H2,1H3,(H,26,31)(H,25,27,30). The van der Waals surface area contributed by atoms with E-state index >= 15 is 0 Å².